The minimum atomic E-state index is -0.129. The fourth-order valence-corrected chi connectivity index (χ4v) is 3.66. The molecule has 1 aliphatic heterocycles. The summed E-state index contributed by atoms with van der Waals surface area (Å²) in [5.41, 5.74) is 0.612. The van der Waals surface area contributed by atoms with Crippen molar-refractivity contribution < 1.29 is 4.79 Å². The van der Waals surface area contributed by atoms with Gasteiger partial charge in [-0.2, -0.15) is 5.10 Å². The van der Waals surface area contributed by atoms with Gasteiger partial charge in [-0.25, -0.2) is 19.4 Å². The molecule has 3 aromatic rings. The number of carbonyl (C=O) groups is 1. The smallest absolute Gasteiger partial charge is 0.321 e. The number of urea groups is 1. The molecule has 0 radical (unpaired) electrons. The highest BCUT2D eigenvalue weighted by Crippen LogP contribution is 2.38. The van der Waals surface area contributed by atoms with Gasteiger partial charge in [0.15, 0.2) is 0 Å². The molecule has 10 heteroatoms. The van der Waals surface area contributed by atoms with Crippen molar-refractivity contribution in [2.75, 3.05) is 18.4 Å². The number of piperidine rings is 1. The molecule has 1 aliphatic carbocycles. The van der Waals surface area contributed by atoms with Gasteiger partial charge in [-0.3, -0.25) is 0 Å². The molecule has 5 rings (SSSR count). The summed E-state index contributed by atoms with van der Waals surface area (Å²) < 4.78 is 3.72. The summed E-state index contributed by atoms with van der Waals surface area (Å²) in [4.78, 5) is 22.9. The number of hydrogen-bond donors (Lipinski definition) is 1. The van der Waals surface area contributed by atoms with Crippen LogP contribution in [-0.2, 0) is 0 Å². The third kappa shape index (κ3) is 3.32. The maximum absolute atomic E-state index is 12.8. The average Bonchev–Trinajstić information content (AvgIpc) is 3.27. The molecule has 0 spiro atoms. The highest BCUT2D eigenvalue weighted by atomic mass is 16.2. The van der Waals surface area contributed by atoms with Gasteiger partial charge in [-0.15, -0.1) is 10.2 Å². The molecule has 28 heavy (non-hydrogen) atoms. The van der Waals surface area contributed by atoms with Gasteiger partial charge in [0.25, 0.3) is 0 Å². The number of anilines is 1. The average molecular weight is 379 g/mol. The lowest BCUT2D eigenvalue weighted by molar-refractivity contribution is 0.190. The summed E-state index contributed by atoms with van der Waals surface area (Å²) in [6.07, 6.45) is 12.8. The van der Waals surface area contributed by atoms with Crippen molar-refractivity contribution in [1.82, 2.24) is 39.4 Å². The van der Waals surface area contributed by atoms with Crippen molar-refractivity contribution in [1.29, 1.82) is 0 Å². The Kier molecular flexibility index (Phi) is 4.22. The molecule has 0 aromatic carbocycles. The van der Waals surface area contributed by atoms with E-state index in [9.17, 15) is 4.79 Å². The van der Waals surface area contributed by atoms with Gasteiger partial charge in [0.2, 0.25) is 5.95 Å². The van der Waals surface area contributed by atoms with Gasteiger partial charge in [0.1, 0.15) is 12.2 Å². The predicted octanol–water partition coefficient (Wildman–Crippen LogP) is 2.00. The van der Waals surface area contributed by atoms with E-state index in [4.69, 9.17) is 0 Å². The topological polar surface area (TPSA) is 107 Å². The summed E-state index contributed by atoms with van der Waals surface area (Å²) in [7, 11) is 0. The highest BCUT2D eigenvalue weighted by molar-refractivity contribution is 5.89. The molecule has 144 valence electrons. The van der Waals surface area contributed by atoms with Crippen LogP contribution in [0.15, 0.2) is 37.2 Å². The Hall–Kier alpha value is -3.30. The van der Waals surface area contributed by atoms with Crippen LogP contribution < -0.4 is 5.32 Å². The fourth-order valence-electron chi connectivity index (χ4n) is 3.66. The van der Waals surface area contributed by atoms with E-state index in [1.54, 1.807) is 30.9 Å². The van der Waals surface area contributed by atoms with Crippen LogP contribution in [0.5, 0.6) is 0 Å². The Morgan fingerprint density at radius 3 is 2.86 bits per heavy atom. The lowest BCUT2D eigenvalue weighted by Crippen LogP contribution is -2.42. The van der Waals surface area contributed by atoms with Crippen molar-refractivity contribution in [3.05, 3.63) is 43.0 Å². The van der Waals surface area contributed by atoms with Gasteiger partial charge in [-0.1, -0.05) is 0 Å². The maximum atomic E-state index is 12.8. The molecule has 1 atom stereocenters. The van der Waals surface area contributed by atoms with E-state index in [0.29, 0.717) is 24.2 Å². The van der Waals surface area contributed by atoms with Crippen molar-refractivity contribution in [2.45, 2.75) is 37.6 Å². The van der Waals surface area contributed by atoms with Crippen LogP contribution >= 0.6 is 0 Å². The lowest BCUT2D eigenvalue weighted by atomic mass is 9.97. The largest absolute Gasteiger partial charge is 0.324 e. The molecule has 2 fully saturated rings. The summed E-state index contributed by atoms with van der Waals surface area (Å²) in [5.74, 6) is 1.69. The number of likely N-dealkylation sites (tertiary alicyclic amines) is 1. The Morgan fingerprint density at radius 1 is 1.18 bits per heavy atom. The van der Waals surface area contributed by atoms with Crippen LogP contribution in [0, 0.1) is 0 Å². The van der Waals surface area contributed by atoms with E-state index in [1.807, 2.05) is 11.2 Å². The third-order valence-electron chi connectivity index (χ3n) is 5.21. The predicted molar refractivity (Wildman–Crippen MR) is 100 cm³/mol. The first kappa shape index (κ1) is 16.8. The first-order chi connectivity index (χ1) is 13.8. The first-order valence-electron chi connectivity index (χ1n) is 9.55. The minimum Gasteiger partial charge on any atom is -0.324 e. The molecular formula is C18H21N9O. The molecule has 2 amide bonds. The Labute approximate surface area is 161 Å². The van der Waals surface area contributed by atoms with Crippen molar-refractivity contribution in [2.24, 2.45) is 0 Å². The molecule has 1 saturated carbocycles. The Balaban J connectivity index is 1.25. The standard InChI is InChI=1S/C18H21N9O/c28-18(23-14-9-22-27(11-14)17-19-6-2-7-20-17)25-8-1-3-13(10-25)16-24-21-12-26(16)15-4-5-15/h2,6-7,9,11-13,15H,1,3-5,8,10H2,(H,23,28). The van der Waals surface area contributed by atoms with Crippen LogP contribution in [-0.4, -0.2) is 58.5 Å². The third-order valence-corrected chi connectivity index (χ3v) is 5.21. The minimum absolute atomic E-state index is 0.129. The summed E-state index contributed by atoms with van der Waals surface area (Å²) in [6, 6.07) is 2.16. The second kappa shape index (κ2) is 7.02. The molecule has 1 saturated heterocycles. The zero-order valence-electron chi connectivity index (χ0n) is 15.3. The van der Waals surface area contributed by atoms with E-state index in [-0.39, 0.29) is 11.9 Å². The number of rotatable bonds is 4. The molecule has 2 aliphatic rings. The van der Waals surface area contributed by atoms with E-state index in [1.165, 1.54) is 17.5 Å². The number of nitrogens with one attached hydrogen (secondary N) is 1. The van der Waals surface area contributed by atoms with E-state index >= 15 is 0 Å². The second-order valence-corrected chi connectivity index (χ2v) is 7.27. The van der Waals surface area contributed by atoms with E-state index in [2.05, 4.69) is 35.1 Å². The number of nitrogens with zero attached hydrogens (tertiary/aromatic N) is 8. The molecule has 4 heterocycles. The van der Waals surface area contributed by atoms with Crippen LogP contribution in [0.25, 0.3) is 5.95 Å². The molecule has 3 aromatic heterocycles. The van der Waals surface area contributed by atoms with Crippen LogP contribution in [0.4, 0.5) is 10.5 Å². The zero-order chi connectivity index (χ0) is 18.9. The highest BCUT2D eigenvalue weighted by Gasteiger charge is 2.32. The van der Waals surface area contributed by atoms with Gasteiger partial charge >= 0.3 is 6.03 Å². The van der Waals surface area contributed by atoms with Gasteiger partial charge in [0, 0.05) is 37.4 Å². The number of carbonyl (C=O) groups excluding carboxylic acids is 1. The Bertz CT molecular complexity index is 962. The van der Waals surface area contributed by atoms with Gasteiger partial charge < -0.3 is 14.8 Å². The normalized spacial score (nSPS) is 19.6. The van der Waals surface area contributed by atoms with Crippen LogP contribution in [0.2, 0.25) is 0 Å². The molecule has 1 unspecified atom stereocenters. The lowest BCUT2D eigenvalue weighted by Gasteiger charge is -2.32. The molecule has 1 N–H and O–H groups in total. The SMILES string of the molecule is O=C(Nc1cnn(-c2ncccn2)c1)N1CCCC(c2nncn2C2CC2)C1. The number of aromatic nitrogens is 7. The maximum Gasteiger partial charge on any atom is 0.321 e. The van der Waals surface area contributed by atoms with Gasteiger partial charge in [0.05, 0.1) is 18.1 Å². The van der Waals surface area contributed by atoms with Crippen molar-refractivity contribution in [3.63, 3.8) is 0 Å². The quantitative estimate of drug-likeness (QED) is 0.743. The first-order valence-corrected chi connectivity index (χ1v) is 9.55. The summed E-state index contributed by atoms with van der Waals surface area (Å²) in [6.45, 7) is 1.38. The second-order valence-electron chi connectivity index (χ2n) is 7.27. The summed E-state index contributed by atoms with van der Waals surface area (Å²) >= 11 is 0. The fraction of sp³-hybridized carbons (Fsp3) is 0.444. The number of hydrogen-bond acceptors (Lipinski definition) is 6. The van der Waals surface area contributed by atoms with Crippen LogP contribution in [0.1, 0.15) is 43.5 Å². The summed E-state index contributed by atoms with van der Waals surface area (Å²) in [5, 5.41) is 15.6. The van der Waals surface area contributed by atoms with Crippen LogP contribution in [0.3, 0.4) is 0 Å². The zero-order valence-corrected chi connectivity index (χ0v) is 15.3. The van der Waals surface area contributed by atoms with Crippen molar-refractivity contribution in [3.8, 4) is 5.95 Å². The Morgan fingerprint density at radius 2 is 2.04 bits per heavy atom. The van der Waals surface area contributed by atoms with E-state index in [0.717, 1.165) is 25.2 Å². The number of amides is 2. The molecule has 10 nitrogen and oxygen atoms in total. The van der Waals surface area contributed by atoms with Gasteiger partial charge in [-0.05, 0) is 31.7 Å². The van der Waals surface area contributed by atoms with E-state index < -0.39 is 0 Å². The van der Waals surface area contributed by atoms with Crippen molar-refractivity contribution >= 4 is 11.7 Å². The monoisotopic (exact) mass is 379 g/mol. The molecular weight excluding hydrogens is 358 g/mol. The molecule has 0 bridgehead atoms.